The van der Waals surface area contributed by atoms with Gasteiger partial charge in [0.2, 0.25) is 5.91 Å². The molecule has 1 rings (SSSR count). The molecule has 0 fully saturated rings. The van der Waals surface area contributed by atoms with Crippen LogP contribution in [-0.2, 0) is 4.79 Å². The van der Waals surface area contributed by atoms with Gasteiger partial charge >= 0.3 is 6.03 Å². The number of anilines is 1. The minimum absolute atomic E-state index is 0.00175. The van der Waals surface area contributed by atoms with Crippen molar-refractivity contribution >= 4 is 17.6 Å². The third-order valence-corrected chi connectivity index (χ3v) is 2.89. The molecule has 6 nitrogen and oxygen atoms in total. The molecule has 0 bridgehead atoms. The van der Waals surface area contributed by atoms with Gasteiger partial charge in [-0.15, -0.1) is 0 Å². The van der Waals surface area contributed by atoms with E-state index in [0.717, 1.165) is 11.3 Å². The first-order valence-corrected chi connectivity index (χ1v) is 7.10. The molecule has 0 radical (unpaired) electrons. The van der Waals surface area contributed by atoms with Crippen molar-refractivity contribution in [2.24, 2.45) is 0 Å². The van der Waals surface area contributed by atoms with Gasteiger partial charge in [-0.3, -0.25) is 4.79 Å². The van der Waals surface area contributed by atoms with E-state index in [-0.39, 0.29) is 24.0 Å². The van der Waals surface area contributed by atoms with E-state index in [9.17, 15) is 9.59 Å². The van der Waals surface area contributed by atoms with Gasteiger partial charge in [0.25, 0.3) is 0 Å². The molecule has 1 aromatic carbocycles. The fourth-order valence-electron chi connectivity index (χ4n) is 1.92. The normalized spacial score (nSPS) is 10.8. The van der Waals surface area contributed by atoms with E-state index < -0.39 is 0 Å². The fraction of sp³-hybridized carbons (Fsp3) is 0.500. The fourth-order valence-corrected chi connectivity index (χ4v) is 1.92. The number of likely N-dealkylation sites (N-methyl/N-ethyl adjacent to an activating group) is 1. The van der Waals surface area contributed by atoms with Gasteiger partial charge in [-0.1, -0.05) is 0 Å². The summed E-state index contributed by atoms with van der Waals surface area (Å²) in [6.45, 7) is 7.58. The predicted molar refractivity (Wildman–Crippen MR) is 87.3 cm³/mol. The van der Waals surface area contributed by atoms with Crippen molar-refractivity contribution in [3.05, 3.63) is 23.8 Å². The Labute approximate surface area is 131 Å². The van der Waals surface area contributed by atoms with E-state index in [1.165, 1.54) is 4.90 Å². The highest BCUT2D eigenvalue weighted by Crippen LogP contribution is 2.21. The number of amides is 3. The highest BCUT2D eigenvalue weighted by atomic mass is 16.5. The summed E-state index contributed by atoms with van der Waals surface area (Å²) in [6.07, 6.45) is 0. The van der Waals surface area contributed by atoms with Crippen LogP contribution in [0, 0.1) is 6.92 Å². The van der Waals surface area contributed by atoms with E-state index in [1.807, 2.05) is 33.8 Å². The number of benzene rings is 1. The molecule has 6 heteroatoms. The molecule has 3 amide bonds. The quantitative estimate of drug-likeness (QED) is 0.897. The highest BCUT2D eigenvalue weighted by molar-refractivity contribution is 5.92. The third-order valence-electron chi connectivity index (χ3n) is 2.89. The first-order valence-electron chi connectivity index (χ1n) is 7.10. The lowest BCUT2D eigenvalue weighted by Gasteiger charge is -2.23. The van der Waals surface area contributed by atoms with Crippen LogP contribution in [0.4, 0.5) is 10.5 Å². The molecule has 0 aliphatic carbocycles. The number of hydrogen-bond donors (Lipinski definition) is 2. The van der Waals surface area contributed by atoms with Crippen LogP contribution in [-0.4, -0.2) is 43.1 Å². The van der Waals surface area contributed by atoms with Gasteiger partial charge in [0.15, 0.2) is 0 Å². The van der Waals surface area contributed by atoms with Crippen molar-refractivity contribution in [1.82, 2.24) is 10.2 Å². The summed E-state index contributed by atoms with van der Waals surface area (Å²) in [5.74, 6) is 0.562. The largest absolute Gasteiger partial charge is 0.496 e. The van der Waals surface area contributed by atoms with Crippen LogP contribution in [0.5, 0.6) is 5.75 Å². The Kier molecular flexibility index (Phi) is 5.79. The summed E-state index contributed by atoms with van der Waals surface area (Å²) in [5, 5.41) is 5.57. The summed E-state index contributed by atoms with van der Waals surface area (Å²) < 4.78 is 5.18. The molecule has 0 aromatic heterocycles. The summed E-state index contributed by atoms with van der Waals surface area (Å²) >= 11 is 0. The number of methoxy groups -OCH3 is 1. The van der Waals surface area contributed by atoms with Crippen molar-refractivity contribution in [1.29, 1.82) is 0 Å². The van der Waals surface area contributed by atoms with Crippen LogP contribution >= 0.6 is 0 Å². The minimum Gasteiger partial charge on any atom is -0.496 e. The van der Waals surface area contributed by atoms with Crippen molar-refractivity contribution in [2.45, 2.75) is 33.2 Å². The number of urea groups is 1. The standard InChI is InChI=1S/C16H25N3O3/c1-11-9-12(7-8-13(11)22-6)17-15(21)19(5)10-14(20)18-16(2,3)4/h7-9H,10H2,1-6H3,(H,17,21)(H,18,20). The van der Waals surface area contributed by atoms with E-state index in [1.54, 1.807) is 26.3 Å². The topological polar surface area (TPSA) is 70.7 Å². The Morgan fingerprint density at radius 1 is 1.27 bits per heavy atom. The Morgan fingerprint density at radius 3 is 2.41 bits per heavy atom. The summed E-state index contributed by atoms with van der Waals surface area (Å²) in [7, 11) is 3.18. The van der Waals surface area contributed by atoms with Crippen LogP contribution in [0.15, 0.2) is 18.2 Å². The third kappa shape index (κ3) is 5.63. The number of carbonyl (C=O) groups is 2. The van der Waals surface area contributed by atoms with Gasteiger partial charge in [-0.25, -0.2) is 4.79 Å². The van der Waals surface area contributed by atoms with Crippen molar-refractivity contribution in [2.75, 3.05) is 26.0 Å². The van der Waals surface area contributed by atoms with Gasteiger partial charge < -0.3 is 20.3 Å². The zero-order valence-electron chi connectivity index (χ0n) is 14.1. The molecule has 0 atom stereocenters. The predicted octanol–water partition coefficient (Wildman–Crippen LogP) is 2.38. The lowest BCUT2D eigenvalue weighted by atomic mass is 10.1. The van der Waals surface area contributed by atoms with Crippen LogP contribution in [0.25, 0.3) is 0 Å². The molecule has 22 heavy (non-hydrogen) atoms. The second-order valence-corrected chi connectivity index (χ2v) is 6.27. The van der Waals surface area contributed by atoms with Crippen molar-refractivity contribution < 1.29 is 14.3 Å². The maximum Gasteiger partial charge on any atom is 0.322 e. The Bertz CT molecular complexity index is 550. The first kappa shape index (κ1) is 17.8. The molecule has 0 spiro atoms. The SMILES string of the molecule is COc1ccc(NC(=O)N(C)CC(=O)NC(C)(C)C)cc1C. The molecular weight excluding hydrogens is 282 g/mol. The first-order chi connectivity index (χ1) is 10.1. The second-order valence-electron chi connectivity index (χ2n) is 6.27. The Hall–Kier alpha value is -2.24. The smallest absolute Gasteiger partial charge is 0.322 e. The van der Waals surface area contributed by atoms with Gasteiger partial charge in [0.1, 0.15) is 12.3 Å². The van der Waals surface area contributed by atoms with E-state index in [4.69, 9.17) is 4.74 Å². The Balaban J connectivity index is 2.61. The van der Waals surface area contributed by atoms with Crippen LogP contribution in [0.1, 0.15) is 26.3 Å². The van der Waals surface area contributed by atoms with Gasteiger partial charge in [-0.05, 0) is 51.5 Å². The van der Waals surface area contributed by atoms with Crippen LogP contribution in [0.3, 0.4) is 0 Å². The number of aryl methyl sites for hydroxylation is 1. The molecule has 0 aliphatic heterocycles. The monoisotopic (exact) mass is 307 g/mol. The molecule has 0 unspecified atom stereocenters. The zero-order valence-corrected chi connectivity index (χ0v) is 14.1. The molecule has 2 N–H and O–H groups in total. The van der Waals surface area contributed by atoms with E-state index in [2.05, 4.69) is 10.6 Å². The Morgan fingerprint density at radius 2 is 1.91 bits per heavy atom. The lowest BCUT2D eigenvalue weighted by Crippen LogP contribution is -2.47. The average Bonchev–Trinajstić information content (AvgIpc) is 2.36. The molecule has 0 saturated heterocycles. The number of hydrogen-bond acceptors (Lipinski definition) is 3. The maximum atomic E-state index is 12.1. The van der Waals surface area contributed by atoms with Crippen LogP contribution < -0.4 is 15.4 Å². The number of nitrogens with zero attached hydrogens (tertiary/aromatic N) is 1. The molecule has 0 aliphatic rings. The number of ether oxygens (including phenoxy) is 1. The summed E-state index contributed by atoms with van der Waals surface area (Å²) in [6, 6.07) is 5.03. The van der Waals surface area contributed by atoms with Crippen LogP contribution in [0.2, 0.25) is 0 Å². The number of rotatable bonds is 4. The second kappa shape index (κ2) is 7.15. The van der Waals surface area contributed by atoms with E-state index >= 15 is 0 Å². The van der Waals surface area contributed by atoms with E-state index in [0.29, 0.717) is 5.69 Å². The highest BCUT2D eigenvalue weighted by Gasteiger charge is 2.17. The van der Waals surface area contributed by atoms with Gasteiger partial charge in [0, 0.05) is 18.3 Å². The molecule has 1 aromatic rings. The van der Waals surface area contributed by atoms with Gasteiger partial charge in [-0.2, -0.15) is 0 Å². The van der Waals surface area contributed by atoms with Crippen molar-refractivity contribution in [3.63, 3.8) is 0 Å². The number of nitrogens with one attached hydrogen (secondary N) is 2. The summed E-state index contributed by atoms with van der Waals surface area (Å²) in [4.78, 5) is 25.2. The molecular formula is C16H25N3O3. The number of carbonyl (C=O) groups excluding carboxylic acids is 2. The minimum atomic E-state index is -0.339. The van der Waals surface area contributed by atoms with Gasteiger partial charge in [0.05, 0.1) is 7.11 Å². The molecule has 0 saturated carbocycles. The summed E-state index contributed by atoms with van der Waals surface area (Å²) in [5.41, 5.74) is 1.27. The molecule has 0 heterocycles. The average molecular weight is 307 g/mol. The lowest BCUT2D eigenvalue weighted by molar-refractivity contribution is -0.122. The molecule has 122 valence electrons. The maximum absolute atomic E-state index is 12.1. The van der Waals surface area contributed by atoms with Crippen molar-refractivity contribution in [3.8, 4) is 5.75 Å². The zero-order chi connectivity index (χ0) is 16.9.